The lowest BCUT2D eigenvalue weighted by atomic mass is 9.96. The number of nitrogens with zero attached hydrogens (tertiary/aromatic N) is 3. The fourth-order valence-corrected chi connectivity index (χ4v) is 3.97. The van der Waals surface area contributed by atoms with E-state index in [0.717, 1.165) is 17.7 Å². The second-order valence-electron chi connectivity index (χ2n) is 7.97. The van der Waals surface area contributed by atoms with Crippen molar-refractivity contribution in [3.05, 3.63) is 84.2 Å². The van der Waals surface area contributed by atoms with E-state index < -0.39 is 6.04 Å². The van der Waals surface area contributed by atoms with Gasteiger partial charge in [-0.2, -0.15) is 0 Å². The molecule has 7 nitrogen and oxygen atoms in total. The van der Waals surface area contributed by atoms with Crippen LogP contribution in [0, 0.1) is 11.7 Å². The van der Waals surface area contributed by atoms with E-state index in [0.29, 0.717) is 25.3 Å². The summed E-state index contributed by atoms with van der Waals surface area (Å²) in [6, 6.07) is 14.6. The standard InChI is InChI=1S/C24H26FN5O2/c1-29-15-13-26-22(29)21(17-9-11-19(25)12-10-17)28-23(31)18-6-5-14-30(16-18)24(32)27-20-7-3-2-4-8-20/h2-4,7-13,15,18,21H,5-6,14,16H2,1H3,(H,27,32)(H,28,31)/t18-,21+/m0/s1. The van der Waals surface area contributed by atoms with Crippen LogP contribution >= 0.6 is 0 Å². The Labute approximate surface area is 186 Å². The van der Waals surface area contributed by atoms with Gasteiger partial charge in [-0.15, -0.1) is 0 Å². The van der Waals surface area contributed by atoms with Crippen LogP contribution in [0.4, 0.5) is 14.9 Å². The summed E-state index contributed by atoms with van der Waals surface area (Å²) < 4.78 is 15.3. The van der Waals surface area contributed by atoms with Crippen LogP contribution in [-0.4, -0.2) is 39.5 Å². The van der Waals surface area contributed by atoms with Gasteiger partial charge in [-0.3, -0.25) is 4.79 Å². The van der Waals surface area contributed by atoms with E-state index >= 15 is 0 Å². The number of aryl methyl sites for hydroxylation is 1. The number of nitrogens with one attached hydrogen (secondary N) is 2. The second kappa shape index (κ2) is 9.64. The number of imidazole rings is 1. The zero-order valence-electron chi connectivity index (χ0n) is 17.9. The van der Waals surface area contributed by atoms with Gasteiger partial charge in [0.25, 0.3) is 0 Å². The van der Waals surface area contributed by atoms with E-state index in [1.165, 1.54) is 12.1 Å². The van der Waals surface area contributed by atoms with Gasteiger partial charge in [0.1, 0.15) is 17.7 Å². The number of carbonyl (C=O) groups excluding carboxylic acids is 2. The SMILES string of the molecule is Cn1ccnc1[C@H](NC(=O)[C@H]1CCCN(C(=O)Nc2ccccc2)C1)c1ccc(F)cc1. The van der Waals surface area contributed by atoms with Gasteiger partial charge in [0.2, 0.25) is 5.91 Å². The van der Waals surface area contributed by atoms with E-state index in [9.17, 15) is 14.0 Å². The highest BCUT2D eigenvalue weighted by atomic mass is 19.1. The summed E-state index contributed by atoms with van der Waals surface area (Å²) in [4.78, 5) is 31.9. The molecule has 1 fully saturated rings. The fourth-order valence-electron chi connectivity index (χ4n) is 3.97. The largest absolute Gasteiger partial charge is 0.342 e. The van der Waals surface area contributed by atoms with E-state index in [-0.39, 0.29) is 23.7 Å². The number of rotatable bonds is 5. The Balaban J connectivity index is 1.46. The molecule has 2 atom stereocenters. The zero-order valence-corrected chi connectivity index (χ0v) is 17.9. The first-order valence-electron chi connectivity index (χ1n) is 10.7. The Kier molecular flexibility index (Phi) is 6.49. The normalized spacial score (nSPS) is 16.9. The van der Waals surface area contributed by atoms with Gasteiger partial charge >= 0.3 is 6.03 Å². The van der Waals surface area contributed by atoms with Crippen LogP contribution in [-0.2, 0) is 11.8 Å². The molecule has 2 N–H and O–H groups in total. The maximum absolute atomic E-state index is 13.4. The lowest BCUT2D eigenvalue weighted by Gasteiger charge is -2.33. The summed E-state index contributed by atoms with van der Waals surface area (Å²) in [5.41, 5.74) is 1.46. The van der Waals surface area contributed by atoms with Crippen molar-refractivity contribution in [1.29, 1.82) is 0 Å². The Morgan fingerprint density at radius 1 is 1.12 bits per heavy atom. The first kappa shape index (κ1) is 21.5. The lowest BCUT2D eigenvalue weighted by Crippen LogP contribution is -2.47. The van der Waals surface area contributed by atoms with Gasteiger partial charge in [-0.1, -0.05) is 30.3 Å². The number of aromatic nitrogens is 2. The van der Waals surface area contributed by atoms with Crippen LogP contribution in [0.1, 0.15) is 30.3 Å². The van der Waals surface area contributed by atoms with Crippen molar-refractivity contribution >= 4 is 17.6 Å². The third-order valence-electron chi connectivity index (χ3n) is 5.71. The molecule has 2 aromatic carbocycles. The van der Waals surface area contributed by atoms with E-state index in [1.807, 2.05) is 41.9 Å². The van der Waals surface area contributed by atoms with Crippen molar-refractivity contribution in [2.24, 2.45) is 13.0 Å². The predicted octanol–water partition coefficient (Wildman–Crippen LogP) is 3.71. The summed E-state index contributed by atoms with van der Waals surface area (Å²) >= 11 is 0. The van der Waals surface area contributed by atoms with E-state index in [4.69, 9.17) is 0 Å². The number of hydrogen-bond donors (Lipinski definition) is 2. The van der Waals surface area contributed by atoms with Gasteiger partial charge in [0, 0.05) is 38.2 Å². The smallest absolute Gasteiger partial charge is 0.321 e. The molecule has 3 aromatic rings. The van der Waals surface area contributed by atoms with Crippen molar-refractivity contribution in [3.63, 3.8) is 0 Å². The molecule has 0 spiro atoms. The van der Waals surface area contributed by atoms with E-state index in [2.05, 4.69) is 15.6 Å². The molecular weight excluding hydrogens is 409 g/mol. The summed E-state index contributed by atoms with van der Waals surface area (Å²) in [5.74, 6) is -0.182. The van der Waals surface area contributed by atoms with Crippen molar-refractivity contribution in [1.82, 2.24) is 19.8 Å². The summed E-state index contributed by atoms with van der Waals surface area (Å²) in [6.07, 6.45) is 4.89. The number of likely N-dealkylation sites (tertiary alicyclic amines) is 1. The van der Waals surface area contributed by atoms with Crippen LogP contribution in [0.15, 0.2) is 67.0 Å². The third kappa shape index (κ3) is 4.96. The highest BCUT2D eigenvalue weighted by Gasteiger charge is 2.31. The number of benzene rings is 2. The summed E-state index contributed by atoms with van der Waals surface area (Å²) in [7, 11) is 1.85. The first-order chi connectivity index (χ1) is 15.5. The van der Waals surface area contributed by atoms with Crippen LogP contribution in [0.25, 0.3) is 0 Å². The highest BCUT2D eigenvalue weighted by Crippen LogP contribution is 2.24. The maximum atomic E-state index is 13.4. The number of para-hydroxylation sites is 1. The summed E-state index contributed by atoms with van der Waals surface area (Å²) in [5, 5.41) is 5.95. The minimum atomic E-state index is -0.517. The third-order valence-corrected chi connectivity index (χ3v) is 5.71. The minimum Gasteiger partial charge on any atom is -0.342 e. The van der Waals surface area contributed by atoms with Crippen LogP contribution in [0.3, 0.4) is 0 Å². The number of amides is 3. The average molecular weight is 436 g/mol. The summed E-state index contributed by atoms with van der Waals surface area (Å²) in [6.45, 7) is 0.935. The number of carbonyl (C=O) groups is 2. The van der Waals surface area contributed by atoms with E-state index in [1.54, 1.807) is 29.4 Å². The topological polar surface area (TPSA) is 79.3 Å². The van der Waals surface area contributed by atoms with Gasteiger partial charge in [-0.05, 0) is 42.7 Å². The molecule has 4 rings (SSSR count). The Hall–Kier alpha value is -3.68. The number of piperidine rings is 1. The fraction of sp³-hybridized carbons (Fsp3) is 0.292. The van der Waals surface area contributed by atoms with Crippen molar-refractivity contribution in [2.75, 3.05) is 18.4 Å². The lowest BCUT2D eigenvalue weighted by molar-refractivity contribution is -0.126. The monoisotopic (exact) mass is 435 g/mol. The molecular formula is C24H26FN5O2. The van der Waals surface area contributed by atoms with Crippen LogP contribution in [0.2, 0.25) is 0 Å². The Morgan fingerprint density at radius 3 is 2.56 bits per heavy atom. The van der Waals surface area contributed by atoms with Gasteiger partial charge in [-0.25, -0.2) is 14.2 Å². The van der Waals surface area contributed by atoms with Crippen molar-refractivity contribution in [2.45, 2.75) is 18.9 Å². The molecule has 0 radical (unpaired) electrons. The molecule has 0 aliphatic carbocycles. The highest BCUT2D eigenvalue weighted by molar-refractivity contribution is 5.90. The Bertz CT molecular complexity index is 1070. The predicted molar refractivity (Wildman–Crippen MR) is 119 cm³/mol. The molecule has 1 aromatic heterocycles. The average Bonchev–Trinajstić information content (AvgIpc) is 3.24. The molecule has 3 amide bonds. The number of halogens is 1. The van der Waals surface area contributed by atoms with Crippen LogP contribution in [0.5, 0.6) is 0 Å². The quantitative estimate of drug-likeness (QED) is 0.641. The number of hydrogen-bond acceptors (Lipinski definition) is 3. The van der Waals surface area contributed by atoms with Crippen molar-refractivity contribution < 1.29 is 14.0 Å². The molecule has 8 heteroatoms. The first-order valence-corrected chi connectivity index (χ1v) is 10.7. The molecule has 0 unspecified atom stereocenters. The molecule has 0 bridgehead atoms. The van der Waals surface area contributed by atoms with Gasteiger partial charge in [0.15, 0.2) is 0 Å². The number of urea groups is 1. The van der Waals surface area contributed by atoms with Gasteiger partial charge < -0.3 is 20.1 Å². The minimum absolute atomic E-state index is 0.153. The Morgan fingerprint density at radius 2 is 1.88 bits per heavy atom. The molecule has 0 saturated carbocycles. The van der Waals surface area contributed by atoms with Gasteiger partial charge in [0.05, 0.1) is 5.92 Å². The molecule has 2 heterocycles. The zero-order chi connectivity index (χ0) is 22.5. The molecule has 166 valence electrons. The van der Waals surface area contributed by atoms with Crippen LogP contribution < -0.4 is 10.6 Å². The molecule has 1 saturated heterocycles. The second-order valence-corrected chi connectivity index (χ2v) is 7.97. The molecule has 1 aliphatic heterocycles. The number of anilines is 1. The molecule has 1 aliphatic rings. The maximum Gasteiger partial charge on any atom is 0.321 e. The molecule has 32 heavy (non-hydrogen) atoms. The van der Waals surface area contributed by atoms with Crippen molar-refractivity contribution in [3.8, 4) is 0 Å².